The van der Waals surface area contributed by atoms with Gasteiger partial charge in [0.25, 0.3) is 0 Å². The molecule has 0 spiro atoms. The highest BCUT2D eigenvalue weighted by Crippen LogP contribution is 2.28. The zero-order valence-corrected chi connectivity index (χ0v) is 11.9. The highest BCUT2D eigenvalue weighted by molar-refractivity contribution is 5.81. The van der Waals surface area contributed by atoms with Crippen LogP contribution in [0.5, 0.6) is 0 Å². The first kappa shape index (κ1) is 13.9. The Morgan fingerprint density at radius 3 is 3.05 bits per heavy atom. The van der Waals surface area contributed by atoms with Gasteiger partial charge in [-0.2, -0.15) is 0 Å². The van der Waals surface area contributed by atoms with E-state index in [1.165, 1.54) is 12.8 Å². The minimum Gasteiger partial charge on any atom is -0.465 e. The molecule has 104 valence electrons. The van der Waals surface area contributed by atoms with Gasteiger partial charge in [0.1, 0.15) is 5.76 Å². The molecule has 2 heterocycles. The van der Waals surface area contributed by atoms with Crippen LogP contribution in [-0.4, -0.2) is 5.91 Å². The lowest BCUT2D eigenvalue weighted by Gasteiger charge is -2.11. The monoisotopic (exact) mass is 261 g/mol. The molecule has 1 saturated heterocycles. The number of furan rings is 1. The zero-order valence-electron chi connectivity index (χ0n) is 11.9. The van der Waals surface area contributed by atoms with Crippen molar-refractivity contribution in [1.82, 2.24) is 5.32 Å². The lowest BCUT2D eigenvalue weighted by molar-refractivity contribution is -0.121. The smallest absolute Gasteiger partial charge is 0.224 e. The van der Waals surface area contributed by atoms with E-state index >= 15 is 0 Å². The Morgan fingerprint density at radius 1 is 1.53 bits per heavy atom. The molecule has 1 aliphatic heterocycles. The van der Waals surface area contributed by atoms with Gasteiger partial charge in [-0.1, -0.05) is 19.8 Å². The molecule has 3 heteroatoms. The summed E-state index contributed by atoms with van der Waals surface area (Å²) in [6, 6.07) is 3.82. The standard InChI is InChI=1S/C16H23NO2/c1-3-4-6-13-8-9-14(17-16(18)11-13)12(2)15-7-5-10-19-15/h5,7,10,13H,3-4,6,8-9,11H2,1-2H3,(H,17,18)/b14-12-. The molecular formula is C16H23NO2. The van der Waals surface area contributed by atoms with Crippen molar-refractivity contribution < 1.29 is 9.21 Å². The van der Waals surface area contributed by atoms with Gasteiger partial charge in [-0.15, -0.1) is 0 Å². The van der Waals surface area contributed by atoms with Crippen LogP contribution in [0.3, 0.4) is 0 Å². The molecule has 1 N–H and O–H groups in total. The Balaban J connectivity index is 2.08. The Kier molecular flexibility index (Phi) is 4.83. The second-order valence-electron chi connectivity index (χ2n) is 5.38. The number of unbranched alkanes of at least 4 members (excludes halogenated alkanes) is 1. The molecule has 1 amide bonds. The van der Waals surface area contributed by atoms with Crippen molar-refractivity contribution in [2.45, 2.75) is 52.4 Å². The van der Waals surface area contributed by atoms with Gasteiger partial charge in [0.15, 0.2) is 0 Å². The van der Waals surface area contributed by atoms with Crippen LogP contribution in [0.2, 0.25) is 0 Å². The molecule has 1 atom stereocenters. The third-order valence-corrected chi connectivity index (χ3v) is 3.88. The summed E-state index contributed by atoms with van der Waals surface area (Å²) < 4.78 is 5.41. The van der Waals surface area contributed by atoms with Crippen LogP contribution in [0.15, 0.2) is 28.5 Å². The number of carbonyl (C=O) groups excluding carboxylic acids is 1. The van der Waals surface area contributed by atoms with Crippen molar-refractivity contribution in [1.29, 1.82) is 0 Å². The van der Waals surface area contributed by atoms with Crippen LogP contribution in [-0.2, 0) is 4.79 Å². The van der Waals surface area contributed by atoms with E-state index in [2.05, 4.69) is 12.2 Å². The molecule has 19 heavy (non-hydrogen) atoms. The summed E-state index contributed by atoms with van der Waals surface area (Å²) >= 11 is 0. The number of hydrogen-bond acceptors (Lipinski definition) is 2. The summed E-state index contributed by atoms with van der Waals surface area (Å²) in [6.45, 7) is 4.21. The van der Waals surface area contributed by atoms with Crippen LogP contribution in [0, 0.1) is 5.92 Å². The van der Waals surface area contributed by atoms with E-state index in [-0.39, 0.29) is 5.91 Å². The quantitative estimate of drug-likeness (QED) is 0.886. The van der Waals surface area contributed by atoms with Gasteiger partial charge < -0.3 is 9.73 Å². The fraction of sp³-hybridized carbons (Fsp3) is 0.562. The molecule has 2 rings (SSSR count). The summed E-state index contributed by atoms with van der Waals surface area (Å²) in [5.41, 5.74) is 2.08. The molecule has 0 aromatic carbocycles. The van der Waals surface area contributed by atoms with Crippen LogP contribution in [0.1, 0.15) is 58.1 Å². The summed E-state index contributed by atoms with van der Waals surface area (Å²) in [6.07, 6.45) is 7.94. The maximum absolute atomic E-state index is 12.0. The Morgan fingerprint density at radius 2 is 2.37 bits per heavy atom. The van der Waals surface area contributed by atoms with Gasteiger partial charge in [0, 0.05) is 17.7 Å². The third kappa shape index (κ3) is 3.72. The van der Waals surface area contributed by atoms with Crippen LogP contribution >= 0.6 is 0 Å². The molecule has 3 nitrogen and oxygen atoms in total. The molecule has 1 aliphatic rings. The Hall–Kier alpha value is -1.51. The van der Waals surface area contributed by atoms with Gasteiger partial charge in [-0.05, 0) is 44.2 Å². The van der Waals surface area contributed by atoms with E-state index < -0.39 is 0 Å². The Labute approximate surface area is 115 Å². The van der Waals surface area contributed by atoms with E-state index in [0.717, 1.165) is 36.3 Å². The highest BCUT2D eigenvalue weighted by atomic mass is 16.3. The maximum atomic E-state index is 12.0. The number of nitrogens with one attached hydrogen (secondary N) is 1. The van der Waals surface area contributed by atoms with Crippen LogP contribution < -0.4 is 5.32 Å². The van der Waals surface area contributed by atoms with Crippen molar-refractivity contribution in [2.75, 3.05) is 0 Å². The first-order valence-corrected chi connectivity index (χ1v) is 7.24. The minimum absolute atomic E-state index is 0.152. The third-order valence-electron chi connectivity index (χ3n) is 3.88. The van der Waals surface area contributed by atoms with Gasteiger partial charge in [-0.3, -0.25) is 4.79 Å². The van der Waals surface area contributed by atoms with Gasteiger partial charge >= 0.3 is 0 Å². The summed E-state index contributed by atoms with van der Waals surface area (Å²) in [7, 11) is 0. The van der Waals surface area contributed by atoms with Crippen molar-refractivity contribution in [3.63, 3.8) is 0 Å². The average Bonchev–Trinajstić information content (AvgIpc) is 2.86. The second-order valence-corrected chi connectivity index (χ2v) is 5.38. The molecule has 1 aromatic heterocycles. The van der Waals surface area contributed by atoms with Gasteiger partial charge in [0.2, 0.25) is 5.91 Å². The molecule has 0 radical (unpaired) electrons. The average molecular weight is 261 g/mol. The molecule has 1 aromatic rings. The summed E-state index contributed by atoms with van der Waals surface area (Å²) in [4.78, 5) is 12.0. The Bertz CT molecular complexity index is 445. The van der Waals surface area contributed by atoms with Crippen molar-refractivity contribution in [2.24, 2.45) is 5.92 Å². The molecule has 1 unspecified atom stereocenters. The first-order valence-electron chi connectivity index (χ1n) is 7.24. The topological polar surface area (TPSA) is 42.2 Å². The van der Waals surface area contributed by atoms with Gasteiger partial charge in [-0.25, -0.2) is 0 Å². The number of carbonyl (C=O) groups is 1. The second kappa shape index (κ2) is 6.60. The fourth-order valence-electron chi connectivity index (χ4n) is 2.66. The SMILES string of the molecule is CCCCC1CC/C(=C(\C)c2ccco2)NC(=O)C1. The van der Waals surface area contributed by atoms with Crippen molar-refractivity contribution in [3.8, 4) is 0 Å². The lowest BCUT2D eigenvalue weighted by atomic mass is 9.93. The molecule has 0 saturated carbocycles. The van der Waals surface area contributed by atoms with Crippen LogP contribution in [0.25, 0.3) is 5.57 Å². The van der Waals surface area contributed by atoms with Gasteiger partial charge in [0.05, 0.1) is 6.26 Å². The molecule has 1 fully saturated rings. The highest BCUT2D eigenvalue weighted by Gasteiger charge is 2.21. The largest absolute Gasteiger partial charge is 0.465 e. The first-order chi connectivity index (χ1) is 9.20. The summed E-state index contributed by atoms with van der Waals surface area (Å²) in [5, 5.41) is 3.05. The molecular weight excluding hydrogens is 238 g/mol. The number of rotatable bonds is 4. The summed E-state index contributed by atoms with van der Waals surface area (Å²) in [5.74, 6) is 1.53. The van der Waals surface area contributed by atoms with Crippen LogP contribution in [0.4, 0.5) is 0 Å². The van der Waals surface area contributed by atoms with E-state index in [1.807, 2.05) is 19.1 Å². The van der Waals surface area contributed by atoms with Crippen molar-refractivity contribution in [3.05, 3.63) is 29.9 Å². The molecule has 0 bridgehead atoms. The number of hydrogen-bond donors (Lipinski definition) is 1. The van der Waals surface area contributed by atoms with E-state index in [9.17, 15) is 4.79 Å². The normalized spacial score (nSPS) is 22.8. The number of amides is 1. The minimum atomic E-state index is 0.152. The van der Waals surface area contributed by atoms with Crippen molar-refractivity contribution >= 4 is 11.5 Å². The maximum Gasteiger partial charge on any atom is 0.224 e. The lowest BCUT2D eigenvalue weighted by Crippen LogP contribution is -2.22. The predicted octanol–water partition coefficient (Wildman–Crippen LogP) is 4.12. The predicted molar refractivity (Wildman–Crippen MR) is 76.3 cm³/mol. The van der Waals surface area contributed by atoms with E-state index in [1.54, 1.807) is 6.26 Å². The molecule has 0 aliphatic carbocycles. The van der Waals surface area contributed by atoms with E-state index in [0.29, 0.717) is 12.3 Å². The van der Waals surface area contributed by atoms with E-state index in [4.69, 9.17) is 4.42 Å². The fourth-order valence-corrected chi connectivity index (χ4v) is 2.66. The number of allylic oxidation sites excluding steroid dienone is 2. The zero-order chi connectivity index (χ0) is 13.7.